The van der Waals surface area contributed by atoms with E-state index < -0.39 is 27.4 Å². The molecule has 1 aromatic heterocycles. The van der Waals surface area contributed by atoms with Crippen molar-refractivity contribution in [1.82, 2.24) is 4.57 Å². The van der Waals surface area contributed by atoms with Crippen molar-refractivity contribution in [2.45, 2.75) is 6.92 Å². The smallest absolute Gasteiger partial charge is 0.307 e. The first-order valence-corrected chi connectivity index (χ1v) is 11.3. The highest BCUT2D eigenvalue weighted by Crippen LogP contribution is 2.27. The fourth-order valence-electron chi connectivity index (χ4n) is 2.90. The molecule has 0 aliphatic carbocycles. The van der Waals surface area contributed by atoms with Gasteiger partial charge in [0.1, 0.15) is 6.54 Å². The predicted octanol–water partition coefficient (Wildman–Crippen LogP) is 2.22. The lowest BCUT2D eigenvalue weighted by Crippen LogP contribution is -2.37. The number of nitro benzene ring substituents is 1. The molecule has 1 heterocycles. The molecule has 10 nitrogen and oxygen atoms in total. The van der Waals surface area contributed by atoms with E-state index in [1.807, 2.05) is 0 Å². The van der Waals surface area contributed by atoms with Gasteiger partial charge in [0.2, 0.25) is 15.9 Å². The number of nitrogens with zero attached hydrogens (tertiary/aromatic N) is 3. The number of carbonyl (C=O) groups is 1. The number of non-ortho nitro benzene ring substituents is 1. The molecule has 0 radical (unpaired) electrons. The quantitative estimate of drug-likeness (QED) is 0.452. The fourth-order valence-corrected chi connectivity index (χ4v) is 4.73. The van der Waals surface area contributed by atoms with Crippen LogP contribution in [0.2, 0.25) is 0 Å². The lowest BCUT2D eigenvalue weighted by molar-refractivity contribution is -0.384. The number of thiazole rings is 1. The van der Waals surface area contributed by atoms with Crippen LogP contribution in [0.1, 0.15) is 5.56 Å². The highest BCUT2D eigenvalue weighted by atomic mass is 32.2. The van der Waals surface area contributed by atoms with Gasteiger partial charge >= 0.3 is 4.87 Å². The lowest BCUT2D eigenvalue weighted by atomic mass is 10.2. The molecule has 2 aromatic carbocycles. The molecular formula is C18H18N4O6S2. The van der Waals surface area contributed by atoms with Crippen molar-refractivity contribution >= 4 is 54.5 Å². The molecule has 1 N–H and O–H groups in total. The fraction of sp³-hybridized carbons (Fsp3) is 0.222. The van der Waals surface area contributed by atoms with Crippen LogP contribution in [-0.4, -0.2) is 36.6 Å². The number of fused-ring (bicyclic) bond motifs is 1. The van der Waals surface area contributed by atoms with Gasteiger partial charge in [-0.1, -0.05) is 17.4 Å². The molecule has 0 bridgehead atoms. The number of nitrogens with one attached hydrogen (secondary N) is 1. The van der Waals surface area contributed by atoms with Gasteiger partial charge in [0.15, 0.2) is 0 Å². The number of carbonyl (C=O) groups excluding carboxylic acids is 1. The van der Waals surface area contributed by atoms with E-state index in [0.717, 1.165) is 28.0 Å². The van der Waals surface area contributed by atoms with Gasteiger partial charge in [-0.25, -0.2) is 8.42 Å². The Balaban J connectivity index is 1.89. The van der Waals surface area contributed by atoms with E-state index >= 15 is 0 Å². The Morgan fingerprint density at radius 3 is 2.60 bits per heavy atom. The number of hydrogen-bond acceptors (Lipinski definition) is 7. The zero-order valence-corrected chi connectivity index (χ0v) is 17.9. The molecule has 30 heavy (non-hydrogen) atoms. The maximum atomic E-state index is 12.6. The standard InChI is InChI=1S/C18H18N4O6S2/c1-11-4-6-13(22(25)26)9-15(11)21(30(3,27)28)10-17(23)19-12-5-7-14-16(8-12)29-18(24)20(14)2/h4-9H,10H2,1-3H3,(H,19,23). The third kappa shape index (κ3) is 4.33. The SMILES string of the molecule is Cc1ccc([N+](=O)[O-])cc1N(CC(=O)Nc1ccc2c(c1)sc(=O)n2C)S(C)(=O)=O. The topological polar surface area (TPSA) is 132 Å². The molecule has 3 rings (SSSR count). The number of benzene rings is 2. The van der Waals surface area contributed by atoms with Gasteiger partial charge in [-0.2, -0.15) is 0 Å². The van der Waals surface area contributed by atoms with Gasteiger partial charge in [-0.05, 0) is 30.7 Å². The van der Waals surface area contributed by atoms with Crippen molar-refractivity contribution in [3.05, 3.63) is 61.7 Å². The van der Waals surface area contributed by atoms with Gasteiger partial charge in [0.05, 0.1) is 27.1 Å². The lowest BCUT2D eigenvalue weighted by Gasteiger charge is -2.23. The van der Waals surface area contributed by atoms with Crippen LogP contribution >= 0.6 is 11.3 Å². The number of hydrogen-bond donors (Lipinski definition) is 1. The maximum absolute atomic E-state index is 12.6. The van der Waals surface area contributed by atoms with Crippen LogP contribution in [0.4, 0.5) is 17.1 Å². The molecule has 0 atom stereocenters. The maximum Gasteiger partial charge on any atom is 0.307 e. The van der Waals surface area contributed by atoms with E-state index in [0.29, 0.717) is 21.5 Å². The summed E-state index contributed by atoms with van der Waals surface area (Å²) < 4.78 is 27.6. The molecule has 158 valence electrons. The van der Waals surface area contributed by atoms with Crippen LogP contribution in [0, 0.1) is 17.0 Å². The normalized spacial score (nSPS) is 11.4. The molecule has 0 aliphatic rings. The molecule has 0 spiro atoms. The number of aryl methyl sites for hydroxylation is 2. The van der Waals surface area contributed by atoms with Crippen LogP contribution in [0.25, 0.3) is 10.2 Å². The minimum absolute atomic E-state index is 0.0542. The van der Waals surface area contributed by atoms with Crippen molar-refractivity contribution in [2.75, 3.05) is 22.4 Å². The van der Waals surface area contributed by atoms with E-state index in [4.69, 9.17) is 0 Å². The predicted molar refractivity (Wildman–Crippen MR) is 116 cm³/mol. The summed E-state index contributed by atoms with van der Waals surface area (Å²) in [5.74, 6) is -0.631. The van der Waals surface area contributed by atoms with Gasteiger partial charge in [-0.15, -0.1) is 0 Å². The minimum Gasteiger partial charge on any atom is -0.324 e. The second kappa shape index (κ2) is 7.88. The number of anilines is 2. The molecule has 0 fully saturated rings. The summed E-state index contributed by atoms with van der Waals surface area (Å²) in [4.78, 5) is 34.6. The summed E-state index contributed by atoms with van der Waals surface area (Å²) in [6, 6.07) is 8.73. The summed E-state index contributed by atoms with van der Waals surface area (Å²) in [7, 11) is -2.26. The van der Waals surface area contributed by atoms with E-state index in [9.17, 15) is 28.1 Å². The molecule has 12 heteroatoms. The number of aromatic nitrogens is 1. The third-order valence-electron chi connectivity index (χ3n) is 4.44. The first kappa shape index (κ1) is 21.5. The number of nitro groups is 1. The van der Waals surface area contributed by atoms with Crippen molar-refractivity contribution in [2.24, 2.45) is 7.05 Å². The van der Waals surface area contributed by atoms with Gasteiger partial charge in [-0.3, -0.25) is 24.0 Å². The summed E-state index contributed by atoms with van der Waals surface area (Å²) in [5, 5.41) is 13.7. The molecular weight excluding hydrogens is 432 g/mol. The molecule has 0 saturated heterocycles. The zero-order chi connectivity index (χ0) is 22.2. The highest BCUT2D eigenvalue weighted by molar-refractivity contribution is 7.92. The highest BCUT2D eigenvalue weighted by Gasteiger charge is 2.24. The van der Waals surface area contributed by atoms with Crippen LogP contribution in [0.5, 0.6) is 0 Å². The van der Waals surface area contributed by atoms with Crippen molar-refractivity contribution < 1.29 is 18.1 Å². The van der Waals surface area contributed by atoms with Crippen LogP contribution in [0.3, 0.4) is 0 Å². The van der Waals surface area contributed by atoms with Crippen LogP contribution < -0.4 is 14.5 Å². The number of sulfonamides is 1. The Kier molecular flexibility index (Phi) is 5.63. The Hall–Kier alpha value is -3.25. The average molecular weight is 450 g/mol. The molecule has 0 aliphatic heterocycles. The van der Waals surface area contributed by atoms with Crippen molar-refractivity contribution in [3.63, 3.8) is 0 Å². The van der Waals surface area contributed by atoms with Crippen molar-refractivity contribution in [1.29, 1.82) is 0 Å². The van der Waals surface area contributed by atoms with E-state index in [1.54, 1.807) is 32.2 Å². The Morgan fingerprint density at radius 1 is 1.27 bits per heavy atom. The summed E-state index contributed by atoms with van der Waals surface area (Å²) in [6.07, 6.45) is 0.923. The summed E-state index contributed by atoms with van der Waals surface area (Å²) >= 11 is 1.03. The molecule has 1 amide bonds. The van der Waals surface area contributed by atoms with Crippen LogP contribution in [0.15, 0.2) is 41.2 Å². The minimum atomic E-state index is -3.90. The van der Waals surface area contributed by atoms with Gasteiger partial charge in [0, 0.05) is 24.9 Å². The first-order valence-electron chi connectivity index (χ1n) is 8.59. The van der Waals surface area contributed by atoms with Crippen LogP contribution in [-0.2, 0) is 21.9 Å². The van der Waals surface area contributed by atoms with Gasteiger partial charge < -0.3 is 9.88 Å². The van der Waals surface area contributed by atoms with E-state index in [1.165, 1.54) is 16.7 Å². The first-order chi connectivity index (χ1) is 14.0. The summed E-state index contributed by atoms with van der Waals surface area (Å²) in [6.45, 7) is 1.03. The average Bonchev–Trinajstić information content (AvgIpc) is 2.93. The Labute approximate surface area is 175 Å². The molecule has 3 aromatic rings. The van der Waals surface area contributed by atoms with E-state index in [2.05, 4.69) is 5.32 Å². The number of rotatable bonds is 6. The zero-order valence-electron chi connectivity index (χ0n) is 16.3. The van der Waals surface area contributed by atoms with Gasteiger partial charge in [0.25, 0.3) is 5.69 Å². The third-order valence-corrected chi connectivity index (χ3v) is 6.56. The largest absolute Gasteiger partial charge is 0.324 e. The monoisotopic (exact) mass is 450 g/mol. The molecule has 0 unspecified atom stereocenters. The second-order valence-electron chi connectivity index (χ2n) is 6.66. The number of amides is 1. The Bertz CT molecular complexity index is 1330. The Morgan fingerprint density at radius 2 is 1.97 bits per heavy atom. The van der Waals surface area contributed by atoms with E-state index in [-0.39, 0.29) is 16.2 Å². The summed E-state index contributed by atoms with van der Waals surface area (Å²) in [5.41, 5.74) is 1.36. The van der Waals surface area contributed by atoms with Crippen molar-refractivity contribution in [3.8, 4) is 0 Å². The molecule has 0 saturated carbocycles. The second-order valence-corrected chi connectivity index (χ2v) is 9.56.